The summed E-state index contributed by atoms with van der Waals surface area (Å²) in [4.78, 5) is 11.1. The number of carbonyl (C=O) groups excluding carboxylic acids is 1. The van der Waals surface area contributed by atoms with Gasteiger partial charge in [0, 0.05) is 11.3 Å². The molecule has 5 heteroatoms. The number of anilines is 1. The Morgan fingerprint density at radius 2 is 2.00 bits per heavy atom. The van der Waals surface area contributed by atoms with Crippen molar-refractivity contribution in [2.24, 2.45) is 0 Å². The van der Waals surface area contributed by atoms with E-state index in [-0.39, 0.29) is 5.78 Å². The third kappa shape index (κ3) is 2.79. The van der Waals surface area contributed by atoms with Crippen LogP contribution >= 0.6 is 0 Å². The molecule has 1 atom stereocenters. The highest BCUT2D eigenvalue weighted by atomic mass is 32.2. The summed E-state index contributed by atoms with van der Waals surface area (Å²) in [7, 11) is 0. The fourth-order valence-electron chi connectivity index (χ4n) is 0.921. The molecule has 1 aromatic carbocycles. The molecule has 1 rings (SSSR count). The van der Waals surface area contributed by atoms with E-state index in [1.165, 1.54) is 6.08 Å². The van der Waals surface area contributed by atoms with Crippen LogP contribution in [0, 0.1) is 0 Å². The molecule has 0 aliphatic heterocycles. The summed E-state index contributed by atoms with van der Waals surface area (Å²) < 4.78 is 21.1. The number of nitrogens with one attached hydrogen (secondary N) is 1. The van der Waals surface area contributed by atoms with Crippen molar-refractivity contribution in [2.45, 2.75) is 0 Å². The molecule has 0 bridgehead atoms. The van der Waals surface area contributed by atoms with Crippen LogP contribution in [0.1, 0.15) is 10.4 Å². The van der Waals surface area contributed by atoms with Gasteiger partial charge in [-0.3, -0.25) is 14.1 Å². The topological polar surface area (TPSA) is 66.4 Å². The van der Waals surface area contributed by atoms with Crippen LogP contribution in [0.25, 0.3) is 0 Å². The molecule has 0 aromatic heterocycles. The van der Waals surface area contributed by atoms with Crippen LogP contribution < -0.4 is 4.72 Å². The fourth-order valence-corrected chi connectivity index (χ4v) is 1.26. The van der Waals surface area contributed by atoms with Crippen LogP contribution in [0.2, 0.25) is 0 Å². The second kappa shape index (κ2) is 4.69. The van der Waals surface area contributed by atoms with E-state index in [4.69, 9.17) is 4.55 Å². The first-order valence-electron chi connectivity index (χ1n) is 3.78. The van der Waals surface area contributed by atoms with E-state index in [0.29, 0.717) is 11.3 Å². The number of hydrogen-bond acceptors (Lipinski definition) is 2. The molecule has 0 saturated carbocycles. The van der Waals surface area contributed by atoms with Gasteiger partial charge < -0.3 is 0 Å². The van der Waals surface area contributed by atoms with E-state index in [1.807, 2.05) is 0 Å². The van der Waals surface area contributed by atoms with E-state index >= 15 is 0 Å². The lowest BCUT2D eigenvalue weighted by Crippen LogP contribution is -2.02. The quantitative estimate of drug-likeness (QED) is 0.451. The highest BCUT2D eigenvalue weighted by Gasteiger charge is 2.00. The predicted octanol–water partition coefficient (Wildman–Crippen LogP) is 1.60. The molecule has 0 fully saturated rings. The zero-order valence-corrected chi connectivity index (χ0v) is 8.08. The third-order valence-corrected chi connectivity index (χ3v) is 1.97. The van der Waals surface area contributed by atoms with Gasteiger partial charge in [-0.2, -0.15) is 0 Å². The Balaban J connectivity index is 2.83. The molecule has 1 unspecified atom stereocenters. The van der Waals surface area contributed by atoms with Crippen LogP contribution in [0.3, 0.4) is 0 Å². The number of allylic oxidation sites excluding steroid dienone is 1. The Labute approximate surface area is 84.1 Å². The third-order valence-electron chi connectivity index (χ3n) is 1.56. The summed E-state index contributed by atoms with van der Waals surface area (Å²) in [6.45, 7) is 3.35. The minimum atomic E-state index is -2.09. The molecule has 74 valence electrons. The molecule has 0 heterocycles. The first kappa shape index (κ1) is 10.6. The smallest absolute Gasteiger partial charge is 0.259 e. The lowest BCUT2D eigenvalue weighted by atomic mass is 10.1. The molecule has 0 amide bonds. The van der Waals surface area contributed by atoms with Crippen molar-refractivity contribution in [3.63, 3.8) is 0 Å². The van der Waals surface area contributed by atoms with Crippen LogP contribution in [-0.2, 0) is 11.3 Å². The lowest BCUT2D eigenvalue weighted by Gasteiger charge is -2.01. The molecule has 0 saturated heterocycles. The minimum Gasteiger partial charge on any atom is -0.289 e. The number of rotatable bonds is 4. The number of carbonyl (C=O) groups is 1. The molecule has 0 aliphatic carbocycles. The molecule has 0 spiro atoms. The highest BCUT2D eigenvalue weighted by molar-refractivity contribution is 7.80. The summed E-state index contributed by atoms with van der Waals surface area (Å²) >= 11 is -2.09. The first-order valence-corrected chi connectivity index (χ1v) is 4.88. The fraction of sp³-hybridized carbons (Fsp3) is 0. The van der Waals surface area contributed by atoms with Crippen molar-refractivity contribution >= 4 is 22.7 Å². The van der Waals surface area contributed by atoms with Crippen molar-refractivity contribution in [2.75, 3.05) is 4.72 Å². The number of hydrogen-bond donors (Lipinski definition) is 2. The van der Waals surface area contributed by atoms with Gasteiger partial charge in [0.05, 0.1) is 0 Å². The SMILES string of the molecule is C=CC(=O)c1ccc(NS(=O)O)cc1. The van der Waals surface area contributed by atoms with Crippen molar-refractivity contribution in [1.29, 1.82) is 0 Å². The Hall–Kier alpha value is -1.46. The molecular weight excluding hydrogens is 202 g/mol. The van der Waals surface area contributed by atoms with E-state index < -0.39 is 11.3 Å². The maximum atomic E-state index is 11.1. The van der Waals surface area contributed by atoms with Gasteiger partial charge in [-0.15, -0.1) is 0 Å². The van der Waals surface area contributed by atoms with Crippen LogP contribution in [0.15, 0.2) is 36.9 Å². The average molecular weight is 211 g/mol. The van der Waals surface area contributed by atoms with E-state index in [1.54, 1.807) is 24.3 Å². The van der Waals surface area contributed by atoms with E-state index in [2.05, 4.69) is 11.3 Å². The average Bonchev–Trinajstić information content (AvgIpc) is 2.17. The normalized spacial score (nSPS) is 11.8. The van der Waals surface area contributed by atoms with Crippen molar-refractivity contribution in [1.82, 2.24) is 0 Å². The van der Waals surface area contributed by atoms with Crippen LogP contribution in [0.5, 0.6) is 0 Å². The Morgan fingerprint density at radius 3 is 2.43 bits per heavy atom. The Kier molecular flexibility index (Phi) is 3.55. The maximum Gasteiger partial charge on any atom is 0.259 e. The maximum absolute atomic E-state index is 11.1. The zero-order valence-electron chi connectivity index (χ0n) is 7.27. The van der Waals surface area contributed by atoms with Gasteiger partial charge in [-0.05, 0) is 30.3 Å². The van der Waals surface area contributed by atoms with E-state index in [9.17, 15) is 9.00 Å². The summed E-state index contributed by atoms with van der Waals surface area (Å²) in [6.07, 6.45) is 1.21. The zero-order chi connectivity index (χ0) is 10.6. The summed E-state index contributed by atoms with van der Waals surface area (Å²) in [5.41, 5.74) is 0.973. The molecular formula is C9H9NO3S. The number of ketones is 1. The Bertz CT molecular complexity index is 372. The second-order valence-corrected chi connectivity index (χ2v) is 3.20. The highest BCUT2D eigenvalue weighted by Crippen LogP contribution is 2.10. The molecule has 1 aromatic rings. The standard InChI is InChI=1S/C9H9NO3S/c1-2-9(11)7-3-5-8(6-4-7)10-14(12)13/h2-6,10H,1H2,(H,12,13). The van der Waals surface area contributed by atoms with Gasteiger partial charge in [-0.1, -0.05) is 6.58 Å². The molecule has 0 aliphatic rings. The predicted molar refractivity (Wildman–Crippen MR) is 55.4 cm³/mol. The summed E-state index contributed by atoms with van der Waals surface area (Å²) in [6, 6.07) is 6.20. The monoisotopic (exact) mass is 211 g/mol. The van der Waals surface area contributed by atoms with Crippen molar-refractivity contribution in [3.05, 3.63) is 42.5 Å². The van der Waals surface area contributed by atoms with E-state index in [0.717, 1.165) is 0 Å². The van der Waals surface area contributed by atoms with Crippen LogP contribution in [0.4, 0.5) is 5.69 Å². The molecule has 4 nitrogen and oxygen atoms in total. The Morgan fingerprint density at radius 1 is 1.43 bits per heavy atom. The molecule has 2 N–H and O–H groups in total. The van der Waals surface area contributed by atoms with Crippen molar-refractivity contribution in [3.8, 4) is 0 Å². The van der Waals surface area contributed by atoms with Crippen molar-refractivity contribution < 1.29 is 13.6 Å². The molecule has 14 heavy (non-hydrogen) atoms. The summed E-state index contributed by atoms with van der Waals surface area (Å²) in [5, 5.41) is 0. The lowest BCUT2D eigenvalue weighted by molar-refractivity contribution is 0.104. The summed E-state index contributed by atoms with van der Waals surface area (Å²) in [5.74, 6) is -0.179. The van der Waals surface area contributed by atoms with Crippen LogP contribution in [-0.4, -0.2) is 14.5 Å². The van der Waals surface area contributed by atoms with Gasteiger partial charge >= 0.3 is 0 Å². The second-order valence-electron chi connectivity index (χ2n) is 2.50. The minimum absolute atomic E-state index is 0.179. The molecule has 0 radical (unpaired) electrons. The first-order chi connectivity index (χ1) is 6.63. The van der Waals surface area contributed by atoms with Gasteiger partial charge in [0.15, 0.2) is 5.78 Å². The van der Waals surface area contributed by atoms with Gasteiger partial charge in [-0.25, -0.2) is 4.21 Å². The largest absolute Gasteiger partial charge is 0.289 e. The van der Waals surface area contributed by atoms with Gasteiger partial charge in [0.2, 0.25) is 0 Å². The number of benzene rings is 1. The van der Waals surface area contributed by atoms with Gasteiger partial charge in [0.1, 0.15) is 0 Å². The van der Waals surface area contributed by atoms with Gasteiger partial charge in [0.25, 0.3) is 11.3 Å².